The third kappa shape index (κ3) is 3.20. The van der Waals surface area contributed by atoms with Gasteiger partial charge >= 0.3 is 5.97 Å². The molecule has 0 radical (unpaired) electrons. The fraction of sp³-hybridized carbons (Fsp3) is 0.259. The third-order valence-corrected chi connectivity index (χ3v) is 7.43. The summed E-state index contributed by atoms with van der Waals surface area (Å²) in [5.41, 5.74) is 4.07. The highest BCUT2D eigenvalue weighted by atomic mass is 16.5. The van der Waals surface area contributed by atoms with Crippen LogP contribution in [0.15, 0.2) is 67.1 Å². The Hall–Kier alpha value is -4.24. The van der Waals surface area contributed by atoms with Crippen LogP contribution in [0.1, 0.15) is 22.0 Å². The van der Waals surface area contributed by atoms with Crippen LogP contribution >= 0.6 is 0 Å². The number of pyridine rings is 1. The van der Waals surface area contributed by atoms with Crippen LogP contribution in [-0.4, -0.2) is 55.5 Å². The van der Waals surface area contributed by atoms with Crippen molar-refractivity contribution in [1.82, 2.24) is 24.1 Å². The Morgan fingerprint density at radius 2 is 1.94 bits per heavy atom. The number of benzene rings is 1. The summed E-state index contributed by atoms with van der Waals surface area (Å²) in [6.07, 6.45) is 5.30. The molecule has 0 amide bonds. The molecule has 5 aromatic rings. The quantitative estimate of drug-likeness (QED) is 0.394. The minimum atomic E-state index is -1.05. The van der Waals surface area contributed by atoms with Crippen LogP contribution in [0.3, 0.4) is 0 Å². The number of aromatic carboxylic acids is 1. The molecule has 0 bridgehead atoms. The second-order valence-corrected chi connectivity index (χ2v) is 9.62. The lowest BCUT2D eigenvalue weighted by molar-refractivity contribution is 0.0698. The summed E-state index contributed by atoms with van der Waals surface area (Å²) < 4.78 is 9.48. The zero-order valence-corrected chi connectivity index (χ0v) is 19.7. The van der Waals surface area contributed by atoms with Crippen molar-refractivity contribution in [3.8, 4) is 11.3 Å². The molecule has 1 aliphatic heterocycles. The number of nitrogens with zero attached hydrogens (tertiary/aromatic N) is 6. The molecule has 1 saturated heterocycles. The predicted molar refractivity (Wildman–Crippen MR) is 134 cm³/mol. The molecule has 1 saturated carbocycles. The number of carboxylic acids is 1. The van der Waals surface area contributed by atoms with E-state index in [0.29, 0.717) is 35.8 Å². The van der Waals surface area contributed by atoms with E-state index in [-0.39, 0.29) is 5.56 Å². The predicted octanol–water partition coefficient (Wildman–Crippen LogP) is 3.90. The number of aromatic nitrogens is 5. The van der Waals surface area contributed by atoms with Crippen LogP contribution in [0.5, 0.6) is 0 Å². The molecule has 1 N–H and O–H groups in total. The zero-order valence-electron chi connectivity index (χ0n) is 19.7. The van der Waals surface area contributed by atoms with Crippen LogP contribution in [0.2, 0.25) is 0 Å². The smallest absolute Gasteiger partial charge is 0.341 e. The molecule has 3 atom stereocenters. The molecule has 5 heterocycles. The van der Waals surface area contributed by atoms with Crippen molar-refractivity contribution in [2.45, 2.75) is 12.6 Å². The Labute approximate surface area is 206 Å². The first-order valence-electron chi connectivity index (χ1n) is 12.0. The molecular formula is C27H24N6O3. The van der Waals surface area contributed by atoms with Gasteiger partial charge < -0.3 is 19.3 Å². The summed E-state index contributed by atoms with van der Waals surface area (Å²) in [6.45, 7) is 2.21. The SMILES string of the molecule is CN(Cc1ccccc1)c1cc(-c2cn([C@H]3[C@@H]4COC[C@@H]43)c3ncccc23)nc2c(C(=O)O)cnn12. The van der Waals surface area contributed by atoms with Crippen molar-refractivity contribution in [3.63, 3.8) is 0 Å². The van der Waals surface area contributed by atoms with E-state index in [1.54, 1.807) is 4.52 Å². The fourth-order valence-corrected chi connectivity index (χ4v) is 5.58. The van der Waals surface area contributed by atoms with Gasteiger partial charge in [-0.25, -0.2) is 14.8 Å². The van der Waals surface area contributed by atoms with Gasteiger partial charge in [-0.1, -0.05) is 30.3 Å². The molecule has 9 heteroatoms. The summed E-state index contributed by atoms with van der Waals surface area (Å²) in [6, 6.07) is 16.5. The van der Waals surface area contributed by atoms with Gasteiger partial charge in [0, 0.05) is 60.9 Å². The van der Waals surface area contributed by atoms with E-state index in [9.17, 15) is 9.90 Å². The molecule has 4 aromatic heterocycles. The molecule has 2 fully saturated rings. The summed E-state index contributed by atoms with van der Waals surface area (Å²) in [5, 5.41) is 15.2. The summed E-state index contributed by atoms with van der Waals surface area (Å²) in [5.74, 6) is 0.743. The second-order valence-electron chi connectivity index (χ2n) is 9.62. The molecule has 180 valence electrons. The van der Waals surface area contributed by atoms with Gasteiger partial charge in [0.1, 0.15) is 17.0 Å². The number of carboxylic acid groups (broad SMARTS) is 1. The van der Waals surface area contributed by atoms with Gasteiger partial charge in [-0.3, -0.25) is 0 Å². The van der Waals surface area contributed by atoms with E-state index in [1.807, 2.05) is 43.6 Å². The van der Waals surface area contributed by atoms with E-state index in [0.717, 1.165) is 41.2 Å². The Kier molecular flexibility index (Phi) is 4.62. The molecular weight excluding hydrogens is 456 g/mol. The highest BCUT2D eigenvalue weighted by molar-refractivity contribution is 5.97. The lowest BCUT2D eigenvalue weighted by atomic mass is 10.1. The van der Waals surface area contributed by atoms with Gasteiger partial charge in [0.05, 0.1) is 25.1 Å². The summed E-state index contributed by atoms with van der Waals surface area (Å²) in [4.78, 5) is 23.6. The van der Waals surface area contributed by atoms with Gasteiger partial charge in [-0.05, 0) is 17.7 Å². The first kappa shape index (κ1) is 21.1. The number of hydrogen-bond donors (Lipinski definition) is 1. The Balaban J connectivity index is 1.40. The van der Waals surface area contributed by atoms with E-state index in [2.05, 4.69) is 39.0 Å². The lowest BCUT2D eigenvalue weighted by Crippen LogP contribution is -2.20. The van der Waals surface area contributed by atoms with Crippen molar-refractivity contribution >= 4 is 28.5 Å². The molecule has 2 aliphatic rings. The van der Waals surface area contributed by atoms with Crippen molar-refractivity contribution in [1.29, 1.82) is 0 Å². The fourth-order valence-electron chi connectivity index (χ4n) is 5.58. The van der Waals surface area contributed by atoms with Gasteiger partial charge in [-0.2, -0.15) is 9.61 Å². The average Bonchev–Trinajstić information content (AvgIpc) is 3.30. The lowest BCUT2D eigenvalue weighted by Gasteiger charge is -2.21. The van der Waals surface area contributed by atoms with Crippen molar-refractivity contribution in [2.24, 2.45) is 11.8 Å². The summed E-state index contributed by atoms with van der Waals surface area (Å²) >= 11 is 0. The molecule has 9 nitrogen and oxygen atoms in total. The number of rotatable bonds is 6. The minimum Gasteiger partial charge on any atom is -0.477 e. The normalized spacial score (nSPS) is 20.6. The number of carbonyl (C=O) groups is 1. The first-order chi connectivity index (χ1) is 17.6. The van der Waals surface area contributed by atoms with Crippen LogP contribution < -0.4 is 4.90 Å². The zero-order chi connectivity index (χ0) is 24.4. The van der Waals surface area contributed by atoms with Crippen LogP contribution in [0, 0.1) is 11.8 Å². The van der Waals surface area contributed by atoms with E-state index in [4.69, 9.17) is 14.7 Å². The van der Waals surface area contributed by atoms with Crippen LogP contribution in [-0.2, 0) is 11.3 Å². The molecule has 0 unspecified atom stereocenters. The van der Waals surface area contributed by atoms with Crippen molar-refractivity contribution < 1.29 is 14.6 Å². The monoisotopic (exact) mass is 480 g/mol. The van der Waals surface area contributed by atoms with Gasteiger partial charge in [0.2, 0.25) is 0 Å². The molecule has 1 aromatic carbocycles. The van der Waals surface area contributed by atoms with Crippen molar-refractivity contribution in [2.75, 3.05) is 25.2 Å². The van der Waals surface area contributed by atoms with Crippen LogP contribution in [0.25, 0.3) is 27.9 Å². The maximum atomic E-state index is 12.0. The van der Waals surface area contributed by atoms with Gasteiger partial charge in [0.25, 0.3) is 0 Å². The molecule has 7 rings (SSSR count). The van der Waals surface area contributed by atoms with Gasteiger partial charge in [0.15, 0.2) is 5.65 Å². The molecule has 0 spiro atoms. The Morgan fingerprint density at radius 3 is 2.72 bits per heavy atom. The Morgan fingerprint density at radius 1 is 1.14 bits per heavy atom. The standard InChI is InChI=1S/C27H24N6O3/c1-31(12-16-6-3-2-4-7-16)23-10-22(30-26-18(27(34)35)11-29-33(23)26)19-13-32(24-20-14-36-15-21(20)24)25-17(19)8-5-9-28-25/h2-11,13,20-21,24H,12,14-15H2,1H3,(H,34,35)/t20-,21+,24+. The number of hydrogen-bond acceptors (Lipinski definition) is 6. The third-order valence-electron chi connectivity index (χ3n) is 7.43. The number of fused-ring (bicyclic) bond motifs is 3. The van der Waals surface area contributed by atoms with Gasteiger partial charge in [-0.15, -0.1) is 0 Å². The topological polar surface area (TPSA) is 97.8 Å². The summed E-state index contributed by atoms with van der Waals surface area (Å²) in [7, 11) is 1.98. The molecule has 36 heavy (non-hydrogen) atoms. The first-order valence-corrected chi connectivity index (χ1v) is 12.0. The molecule has 1 aliphatic carbocycles. The minimum absolute atomic E-state index is 0.0712. The van der Waals surface area contributed by atoms with E-state index in [1.165, 1.54) is 6.20 Å². The number of ether oxygens (including phenoxy) is 1. The highest BCUT2D eigenvalue weighted by Gasteiger charge is 2.55. The van der Waals surface area contributed by atoms with E-state index >= 15 is 0 Å². The highest BCUT2D eigenvalue weighted by Crippen LogP contribution is 2.55. The van der Waals surface area contributed by atoms with Crippen molar-refractivity contribution in [3.05, 3.63) is 78.2 Å². The Bertz CT molecular complexity index is 1620. The average molecular weight is 481 g/mol. The van der Waals surface area contributed by atoms with E-state index < -0.39 is 5.97 Å². The second kappa shape index (κ2) is 7.89. The van der Waals surface area contributed by atoms with Crippen LogP contribution in [0.4, 0.5) is 5.82 Å². The maximum Gasteiger partial charge on any atom is 0.341 e. The largest absolute Gasteiger partial charge is 0.477 e. The maximum absolute atomic E-state index is 12.0. The number of anilines is 1.